The summed E-state index contributed by atoms with van der Waals surface area (Å²) < 4.78 is 0. The maximum atomic E-state index is 4.67. The van der Waals surface area contributed by atoms with Crippen LogP contribution in [-0.4, -0.2) is 12.0 Å². The summed E-state index contributed by atoms with van der Waals surface area (Å²) in [5.74, 6) is 0.486. The van der Waals surface area contributed by atoms with Crippen LogP contribution in [0, 0.1) is 6.92 Å². The molecule has 2 nitrogen and oxygen atoms in total. The molecule has 0 radical (unpaired) electrons. The molecule has 1 aromatic heterocycles. The predicted octanol–water partition coefficient (Wildman–Crippen LogP) is 3.71. The van der Waals surface area contributed by atoms with E-state index in [9.17, 15) is 0 Å². The molecule has 0 spiro atoms. The number of aromatic nitrogens is 1. The predicted molar refractivity (Wildman–Crippen MR) is 70.1 cm³/mol. The van der Waals surface area contributed by atoms with Gasteiger partial charge in [-0.1, -0.05) is 32.0 Å². The normalized spacial score (nSPS) is 11.1. The van der Waals surface area contributed by atoms with Crippen molar-refractivity contribution in [1.82, 2.24) is 4.98 Å². The van der Waals surface area contributed by atoms with Gasteiger partial charge in [0, 0.05) is 23.8 Å². The number of nitrogens with one attached hydrogen (secondary N) is 1. The standard InChI is InChI=1S/C14H18N2/c1-9(2)13-10(3)16-12-8-6-5-7-11(12)14(13)15-4/h5-9H,1-4H3,(H,15,16). The Kier molecular flexibility index (Phi) is 2.82. The van der Waals surface area contributed by atoms with Gasteiger partial charge in [0.05, 0.1) is 5.52 Å². The summed E-state index contributed by atoms with van der Waals surface area (Å²) in [6, 6.07) is 8.28. The lowest BCUT2D eigenvalue weighted by Crippen LogP contribution is -2.03. The number of rotatable bonds is 2. The van der Waals surface area contributed by atoms with Crippen LogP contribution in [0.4, 0.5) is 5.69 Å². The van der Waals surface area contributed by atoms with Crippen molar-refractivity contribution in [3.63, 3.8) is 0 Å². The Morgan fingerprint density at radius 3 is 2.50 bits per heavy atom. The largest absolute Gasteiger partial charge is 0.387 e. The van der Waals surface area contributed by atoms with Crippen LogP contribution < -0.4 is 5.32 Å². The molecule has 1 heterocycles. The number of para-hydroxylation sites is 1. The first-order valence-corrected chi connectivity index (χ1v) is 5.72. The van der Waals surface area contributed by atoms with Crippen molar-refractivity contribution in [1.29, 1.82) is 0 Å². The third-order valence-corrected chi connectivity index (χ3v) is 2.95. The number of pyridine rings is 1. The summed E-state index contributed by atoms with van der Waals surface area (Å²) in [4.78, 5) is 4.67. The van der Waals surface area contributed by atoms with Gasteiger partial charge in [0.1, 0.15) is 0 Å². The number of aryl methyl sites for hydroxylation is 1. The van der Waals surface area contributed by atoms with Gasteiger partial charge < -0.3 is 5.32 Å². The average Bonchev–Trinajstić information content (AvgIpc) is 2.26. The lowest BCUT2D eigenvalue weighted by molar-refractivity contribution is 0.849. The maximum absolute atomic E-state index is 4.67. The fourth-order valence-electron chi connectivity index (χ4n) is 2.33. The Balaban J connectivity index is 2.85. The highest BCUT2D eigenvalue weighted by atomic mass is 14.8. The molecule has 0 amide bonds. The topological polar surface area (TPSA) is 24.9 Å². The molecule has 2 heteroatoms. The van der Waals surface area contributed by atoms with Crippen molar-refractivity contribution in [2.45, 2.75) is 26.7 Å². The summed E-state index contributed by atoms with van der Waals surface area (Å²) in [6.45, 7) is 6.50. The van der Waals surface area contributed by atoms with E-state index in [0.29, 0.717) is 5.92 Å². The molecule has 0 atom stereocenters. The molecule has 0 aliphatic heterocycles. The van der Waals surface area contributed by atoms with Crippen molar-refractivity contribution in [3.8, 4) is 0 Å². The Bertz CT molecular complexity index is 515. The van der Waals surface area contributed by atoms with E-state index in [0.717, 1.165) is 11.2 Å². The molecule has 1 aromatic carbocycles. The quantitative estimate of drug-likeness (QED) is 0.824. The number of anilines is 1. The maximum Gasteiger partial charge on any atom is 0.0726 e. The van der Waals surface area contributed by atoms with Crippen molar-refractivity contribution in [3.05, 3.63) is 35.5 Å². The minimum atomic E-state index is 0.486. The second-order valence-electron chi connectivity index (χ2n) is 4.41. The molecule has 84 valence electrons. The van der Waals surface area contributed by atoms with Crippen LogP contribution in [0.3, 0.4) is 0 Å². The van der Waals surface area contributed by atoms with Crippen molar-refractivity contribution in [2.24, 2.45) is 0 Å². The smallest absolute Gasteiger partial charge is 0.0726 e. The molecule has 0 saturated heterocycles. The molecule has 0 fully saturated rings. The highest BCUT2D eigenvalue weighted by molar-refractivity contribution is 5.93. The van der Waals surface area contributed by atoms with Crippen LogP contribution in [-0.2, 0) is 0 Å². The molecule has 16 heavy (non-hydrogen) atoms. The molecule has 0 unspecified atom stereocenters. The zero-order valence-electron chi connectivity index (χ0n) is 10.3. The zero-order valence-corrected chi connectivity index (χ0v) is 10.3. The number of nitrogens with zero attached hydrogens (tertiary/aromatic N) is 1. The monoisotopic (exact) mass is 214 g/mol. The van der Waals surface area contributed by atoms with E-state index in [1.54, 1.807) is 0 Å². The molecule has 0 bridgehead atoms. The highest BCUT2D eigenvalue weighted by Gasteiger charge is 2.13. The van der Waals surface area contributed by atoms with Crippen molar-refractivity contribution in [2.75, 3.05) is 12.4 Å². The number of hydrogen-bond acceptors (Lipinski definition) is 2. The second-order valence-corrected chi connectivity index (χ2v) is 4.41. The van der Waals surface area contributed by atoms with Gasteiger partial charge in [0.25, 0.3) is 0 Å². The van der Waals surface area contributed by atoms with Gasteiger partial charge in [0.15, 0.2) is 0 Å². The molecule has 0 aliphatic rings. The van der Waals surface area contributed by atoms with E-state index in [-0.39, 0.29) is 0 Å². The molecule has 2 rings (SSSR count). The van der Waals surface area contributed by atoms with Gasteiger partial charge in [-0.3, -0.25) is 4.98 Å². The Morgan fingerprint density at radius 2 is 1.88 bits per heavy atom. The van der Waals surface area contributed by atoms with E-state index < -0.39 is 0 Å². The summed E-state index contributed by atoms with van der Waals surface area (Å²) >= 11 is 0. The fraction of sp³-hybridized carbons (Fsp3) is 0.357. The fourth-order valence-corrected chi connectivity index (χ4v) is 2.33. The molecular weight excluding hydrogens is 196 g/mol. The second kappa shape index (κ2) is 4.12. The zero-order chi connectivity index (χ0) is 11.7. The summed E-state index contributed by atoms with van der Waals surface area (Å²) in [7, 11) is 1.98. The Hall–Kier alpha value is -1.57. The van der Waals surface area contributed by atoms with Gasteiger partial charge in [0.2, 0.25) is 0 Å². The third kappa shape index (κ3) is 1.64. The van der Waals surface area contributed by atoms with Gasteiger partial charge >= 0.3 is 0 Å². The summed E-state index contributed by atoms with van der Waals surface area (Å²) in [5, 5.41) is 4.53. The van der Waals surface area contributed by atoms with Crippen molar-refractivity contribution < 1.29 is 0 Å². The van der Waals surface area contributed by atoms with Gasteiger partial charge in [-0.25, -0.2) is 0 Å². The summed E-state index contributed by atoms with van der Waals surface area (Å²) in [5.41, 5.74) is 4.73. The Labute approximate surface area is 96.7 Å². The van der Waals surface area contributed by atoms with E-state index in [2.05, 4.69) is 49.3 Å². The first-order chi connectivity index (χ1) is 7.65. The van der Waals surface area contributed by atoms with Crippen LogP contribution in [0.15, 0.2) is 24.3 Å². The molecule has 2 aromatic rings. The van der Waals surface area contributed by atoms with E-state index >= 15 is 0 Å². The van der Waals surface area contributed by atoms with Crippen molar-refractivity contribution >= 4 is 16.6 Å². The first kappa shape index (κ1) is 10.9. The van der Waals surface area contributed by atoms with Crippen LogP contribution in [0.2, 0.25) is 0 Å². The summed E-state index contributed by atoms with van der Waals surface area (Å²) in [6.07, 6.45) is 0. The Morgan fingerprint density at radius 1 is 1.19 bits per heavy atom. The molecule has 0 aliphatic carbocycles. The number of benzene rings is 1. The van der Waals surface area contributed by atoms with E-state index in [1.807, 2.05) is 13.1 Å². The van der Waals surface area contributed by atoms with Gasteiger partial charge in [-0.15, -0.1) is 0 Å². The van der Waals surface area contributed by atoms with E-state index in [1.165, 1.54) is 16.6 Å². The molecule has 0 saturated carbocycles. The van der Waals surface area contributed by atoms with Gasteiger partial charge in [-0.2, -0.15) is 0 Å². The lowest BCUT2D eigenvalue weighted by atomic mass is 9.97. The lowest BCUT2D eigenvalue weighted by Gasteiger charge is -2.17. The molecule has 1 N–H and O–H groups in total. The van der Waals surface area contributed by atoms with Crippen LogP contribution in [0.1, 0.15) is 31.0 Å². The SMILES string of the molecule is CNc1c(C(C)C)c(C)nc2ccccc12. The number of hydrogen-bond donors (Lipinski definition) is 1. The van der Waals surface area contributed by atoms with Crippen LogP contribution in [0.25, 0.3) is 10.9 Å². The minimum absolute atomic E-state index is 0.486. The number of fused-ring (bicyclic) bond motifs is 1. The highest BCUT2D eigenvalue weighted by Crippen LogP contribution is 2.32. The average molecular weight is 214 g/mol. The van der Waals surface area contributed by atoms with Gasteiger partial charge in [-0.05, 0) is 24.5 Å². The first-order valence-electron chi connectivity index (χ1n) is 5.72. The third-order valence-electron chi connectivity index (χ3n) is 2.95. The van der Waals surface area contributed by atoms with Crippen LogP contribution >= 0.6 is 0 Å². The van der Waals surface area contributed by atoms with Crippen LogP contribution in [0.5, 0.6) is 0 Å². The molecular formula is C14H18N2. The van der Waals surface area contributed by atoms with E-state index in [4.69, 9.17) is 0 Å². The minimum Gasteiger partial charge on any atom is -0.387 e.